The molecule has 1 heterocycles. The zero-order valence-electron chi connectivity index (χ0n) is 11.7. The first-order chi connectivity index (χ1) is 9.51. The Bertz CT molecular complexity index is 471. The van der Waals surface area contributed by atoms with Crippen LogP contribution in [0.3, 0.4) is 0 Å². The van der Waals surface area contributed by atoms with Gasteiger partial charge in [0.25, 0.3) is 0 Å². The highest BCUT2D eigenvalue weighted by molar-refractivity contribution is 7.09. The number of carboxylic acid groups (broad SMARTS) is 1. The number of aryl methyl sites for hydroxylation is 1. The maximum absolute atomic E-state index is 12.1. The van der Waals surface area contributed by atoms with Gasteiger partial charge in [-0.05, 0) is 37.6 Å². The van der Waals surface area contributed by atoms with E-state index < -0.39 is 17.4 Å². The SMILES string of the molecule is CC1(NC(=O)CCc2cccs2)CCCCC1C(=O)O. The predicted octanol–water partition coefficient (Wildman–Crippen LogP) is 2.83. The molecule has 5 heteroatoms. The Kier molecular flexibility index (Phi) is 4.81. The van der Waals surface area contributed by atoms with Crippen LogP contribution >= 0.6 is 11.3 Å². The molecule has 1 amide bonds. The fraction of sp³-hybridized carbons (Fsp3) is 0.600. The molecule has 2 N–H and O–H groups in total. The fourth-order valence-corrected chi connectivity index (χ4v) is 3.66. The molecule has 1 aromatic heterocycles. The molecule has 4 nitrogen and oxygen atoms in total. The Balaban J connectivity index is 1.92. The van der Waals surface area contributed by atoms with E-state index >= 15 is 0 Å². The summed E-state index contributed by atoms with van der Waals surface area (Å²) in [7, 11) is 0. The normalized spacial score (nSPS) is 26.1. The van der Waals surface area contributed by atoms with Crippen molar-refractivity contribution in [2.75, 3.05) is 0 Å². The first kappa shape index (κ1) is 15.0. The van der Waals surface area contributed by atoms with Crippen molar-refractivity contribution in [2.24, 2.45) is 5.92 Å². The van der Waals surface area contributed by atoms with Crippen LogP contribution in [0.2, 0.25) is 0 Å². The van der Waals surface area contributed by atoms with Gasteiger partial charge in [-0.2, -0.15) is 0 Å². The fourth-order valence-electron chi connectivity index (χ4n) is 2.95. The van der Waals surface area contributed by atoms with Crippen LogP contribution in [0.5, 0.6) is 0 Å². The first-order valence-electron chi connectivity index (χ1n) is 7.07. The summed E-state index contributed by atoms with van der Waals surface area (Å²) in [5.41, 5.74) is -0.601. The van der Waals surface area contributed by atoms with Crippen molar-refractivity contribution >= 4 is 23.2 Å². The lowest BCUT2D eigenvalue weighted by Gasteiger charge is -2.39. The zero-order chi connectivity index (χ0) is 14.6. The van der Waals surface area contributed by atoms with Crippen LogP contribution in [-0.2, 0) is 16.0 Å². The van der Waals surface area contributed by atoms with Gasteiger partial charge >= 0.3 is 5.97 Å². The second-order valence-corrected chi connectivity index (χ2v) is 6.71. The number of carbonyl (C=O) groups excluding carboxylic acids is 1. The Morgan fingerprint density at radius 3 is 2.95 bits per heavy atom. The number of amides is 1. The zero-order valence-corrected chi connectivity index (χ0v) is 12.5. The molecule has 1 fully saturated rings. The van der Waals surface area contributed by atoms with E-state index in [9.17, 15) is 14.7 Å². The lowest BCUT2D eigenvalue weighted by molar-refractivity contribution is -0.146. The Morgan fingerprint density at radius 1 is 1.50 bits per heavy atom. The molecule has 1 aromatic rings. The van der Waals surface area contributed by atoms with Gasteiger partial charge in [0.05, 0.1) is 11.5 Å². The van der Waals surface area contributed by atoms with E-state index in [-0.39, 0.29) is 5.91 Å². The second kappa shape index (κ2) is 6.39. The molecule has 2 rings (SSSR count). The molecule has 1 aliphatic carbocycles. The van der Waals surface area contributed by atoms with Gasteiger partial charge in [0.2, 0.25) is 5.91 Å². The van der Waals surface area contributed by atoms with Crippen LogP contribution in [-0.4, -0.2) is 22.5 Å². The van der Waals surface area contributed by atoms with Crippen LogP contribution in [0, 0.1) is 5.92 Å². The molecule has 2 atom stereocenters. The standard InChI is InChI=1S/C15H21NO3S/c1-15(9-3-2-6-12(15)14(18)19)16-13(17)8-7-11-5-4-10-20-11/h4-5,10,12H,2-3,6-9H2,1H3,(H,16,17)(H,18,19). The van der Waals surface area contributed by atoms with E-state index in [2.05, 4.69) is 5.32 Å². The lowest BCUT2D eigenvalue weighted by Crippen LogP contribution is -2.55. The van der Waals surface area contributed by atoms with Gasteiger partial charge in [0.15, 0.2) is 0 Å². The highest BCUT2D eigenvalue weighted by Gasteiger charge is 2.41. The molecule has 0 saturated heterocycles. The molecule has 20 heavy (non-hydrogen) atoms. The van der Waals surface area contributed by atoms with Crippen LogP contribution in [0.4, 0.5) is 0 Å². The van der Waals surface area contributed by atoms with Crippen molar-refractivity contribution in [3.05, 3.63) is 22.4 Å². The van der Waals surface area contributed by atoms with E-state index in [1.807, 2.05) is 24.4 Å². The van der Waals surface area contributed by atoms with E-state index in [1.165, 1.54) is 4.88 Å². The van der Waals surface area contributed by atoms with Crippen molar-refractivity contribution in [1.82, 2.24) is 5.32 Å². The molecule has 1 aliphatic rings. The number of carbonyl (C=O) groups is 2. The summed E-state index contributed by atoms with van der Waals surface area (Å²) in [6, 6.07) is 3.99. The summed E-state index contributed by atoms with van der Waals surface area (Å²) in [5.74, 6) is -1.32. The van der Waals surface area contributed by atoms with Gasteiger partial charge < -0.3 is 10.4 Å². The van der Waals surface area contributed by atoms with Gasteiger partial charge in [0.1, 0.15) is 0 Å². The highest BCUT2D eigenvalue weighted by Crippen LogP contribution is 2.34. The van der Waals surface area contributed by atoms with E-state index in [0.717, 1.165) is 25.7 Å². The van der Waals surface area contributed by atoms with E-state index in [1.54, 1.807) is 11.3 Å². The number of aliphatic carboxylic acids is 1. The second-order valence-electron chi connectivity index (χ2n) is 5.68. The molecule has 0 aromatic carbocycles. The summed E-state index contributed by atoms with van der Waals surface area (Å²) < 4.78 is 0. The predicted molar refractivity (Wildman–Crippen MR) is 78.8 cm³/mol. The number of nitrogens with one attached hydrogen (secondary N) is 1. The Morgan fingerprint density at radius 2 is 2.30 bits per heavy atom. The Labute approximate surface area is 123 Å². The number of hydrogen-bond acceptors (Lipinski definition) is 3. The largest absolute Gasteiger partial charge is 0.481 e. The minimum Gasteiger partial charge on any atom is -0.481 e. The molecule has 2 unspecified atom stereocenters. The number of thiophene rings is 1. The van der Waals surface area contributed by atoms with Gasteiger partial charge in [-0.25, -0.2) is 0 Å². The summed E-state index contributed by atoms with van der Waals surface area (Å²) in [6.45, 7) is 1.87. The van der Waals surface area contributed by atoms with Crippen molar-refractivity contribution in [3.63, 3.8) is 0 Å². The van der Waals surface area contributed by atoms with E-state index in [4.69, 9.17) is 0 Å². The molecule has 0 spiro atoms. The van der Waals surface area contributed by atoms with Gasteiger partial charge in [-0.1, -0.05) is 18.9 Å². The molecular weight excluding hydrogens is 274 g/mol. The maximum atomic E-state index is 12.1. The minimum atomic E-state index is -0.800. The topological polar surface area (TPSA) is 66.4 Å². The van der Waals surface area contributed by atoms with Crippen molar-refractivity contribution in [2.45, 2.75) is 51.0 Å². The average molecular weight is 295 g/mol. The highest BCUT2D eigenvalue weighted by atomic mass is 32.1. The molecule has 0 bridgehead atoms. The third-order valence-corrected chi connectivity index (χ3v) is 5.05. The van der Waals surface area contributed by atoms with Crippen LogP contribution in [0.1, 0.15) is 43.9 Å². The molecule has 110 valence electrons. The van der Waals surface area contributed by atoms with E-state index in [0.29, 0.717) is 12.8 Å². The Hall–Kier alpha value is -1.36. The minimum absolute atomic E-state index is 0.0472. The smallest absolute Gasteiger partial charge is 0.308 e. The van der Waals surface area contributed by atoms with Crippen molar-refractivity contribution < 1.29 is 14.7 Å². The van der Waals surface area contributed by atoms with Gasteiger partial charge in [-0.15, -0.1) is 11.3 Å². The van der Waals surface area contributed by atoms with Crippen molar-refractivity contribution in [3.8, 4) is 0 Å². The maximum Gasteiger partial charge on any atom is 0.308 e. The van der Waals surface area contributed by atoms with Gasteiger partial charge in [0, 0.05) is 11.3 Å². The lowest BCUT2D eigenvalue weighted by atomic mass is 9.74. The van der Waals surface area contributed by atoms with Crippen molar-refractivity contribution in [1.29, 1.82) is 0 Å². The molecule has 0 aliphatic heterocycles. The summed E-state index contributed by atoms with van der Waals surface area (Å²) >= 11 is 1.64. The molecule has 0 radical (unpaired) electrons. The van der Waals surface area contributed by atoms with Crippen LogP contribution in [0.25, 0.3) is 0 Å². The monoisotopic (exact) mass is 295 g/mol. The number of rotatable bonds is 5. The van der Waals surface area contributed by atoms with Crippen LogP contribution < -0.4 is 5.32 Å². The number of hydrogen-bond donors (Lipinski definition) is 2. The summed E-state index contributed by atoms with van der Waals surface area (Å²) in [4.78, 5) is 24.6. The molecular formula is C15H21NO3S. The molecule has 1 saturated carbocycles. The number of carboxylic acids is 1. The van der Waals surface area contributed by atoms with Gasteiger partial charge in [-0.3, -0.25) is 9.59 Å². The third kappa shape index (κ3) is 3.60. The third-order valence-electron chi connectivity index (χ3n) is 4.11. The summed E-state index contributed by atoms with van der Waals surface area (Å²) in [5, 5.41) is 14.3. The first-order valence-corrected chi connectivity index (χ1v) is 7.95. The summed E-state index contributed by atoms with van der Waals surface area (Å²) in [6.07, 6.45) is 4.44. The van der Waals surface area contributed by atoms with Crippen LogP contribution in [0.15, 0.2) is 17.5 Å². The quantitative estimate of drug-likeness (QED) is 0.878. The average Bonchev–Trinajstić information content (AvgIpc) is 2.89.